The van der Waals surface area contributed by atoms with Gasteiger partial charge in [0.05, 0.1) is 44.6 Å². The molecule has 1 aliphatic carbocycles. The Balaban J connectivity index is 1.51. The lowest BCUT2D eigenvalue weighted by atomic mass is 9.79. The van der Waals surface area contributed by atoms with Gasteiger partial charge in [-0.15, -0.1) is 11.1 Å². The fourth-order valence-corrected chi connectivity index (χ4v) is 22.8. The van der Waals surface area contributed by atoms with E-state index in [1.807, 2.05) is 24.3 Å². The van der Waals surface area contributed by atoms with Crippen molar-refractivity contribution in [3.05, 3.63) is 148 Å². The Morgan fingerprint density at radius 3 is 1.37 bits per heavy atom. The third kappa shape index (κ3) is 9.79. The zero-order chi connectivity index (χ0) is 54.0. The van der Waals surface area contributed by atoms with Gasteiger partial charge in [0.25, 0.3) is 16.7 Å². The Bertz CT molecular complexity index is 3490. The van der Waals surface area contributed by atoms with E-state index in [-0.39, 0.29) is 66.3 Å². The van der Waals surface area contributed by atoms with Crippen molar-refractivity contribution < 1.29 is 5.11 Å². The molecule has 1 aromatic heterocycles. The van der Waals surface area contributed by atoms with Crippen molar-refractivity contribution in [2.45, 2.75) is 175 Å². The van der Waals surface area contributed by atoms with Gasteiger partial charge in [0.2, 0.25) is 5.88 Å². The van der Waals surface area contributed by atoms with E-state index in [0.29, 0.717) is 44.6 Å². The summed E-state index contributed by atoms with van der Waals surface area (Å²) in [7, 11) is -4.05. The summed E-state index contributed by atoms with van der Waals surface area (Å²) in [5.74, 6) is 6.60. The van der Waals surface area contributed by atoms with Crippen molar-refractivity contribution in [2.75, 3.05) is 0 Å². The minimum Gasteiger partial charge on any atom is -0.494 e. The Morgan fingerprint density at radius 2 is 0.959 bits per heavy atom. The van der Waals surface area contributed by atoms with E-state index in [2.05, 4.69) is 166 Å². The summed E-state index contributed by atoms with van der Waals surface area (Å²) in [4.78, 5) is 50.5. The van der Waals surface area contributed by atoms with Gasteiger partial charge in [-0.2, -0.15) is 0 Å². The predicted molar refractivity (Wildman–Crippen MR) is 314 cm³/mol. The van der Waals surface area contributed by atoms with Gasteiger partial charge in [-0.05, 0) is 121 Å². The van der Waals surface area contributed by atoms with Crippen LogP contribution in [-0.4, -0.2) is 30.4 Å². The minimum atomic E-state index is -2.02. The molecule has 1 aliphatic heterocycles. The molecule has 0 radical (unpaired) electrons. The van der Waals surface area contributed by atoms with E-state index < -0.39 is 32.8 Å². The Labute approximate surface area is 440 Å². The van der Waals surface area contributed by atoms with Crippen molar-refractivity contribution in [1.82, 2.24) is 9.13 Å². The van der Waals surface area contributed by atoms with Crippen LogP contribution in [0.4, 0.5) is 0 Å². The van der Waals surface area contributed by atoms with Gasteiger partial charge in [0.15, 0.2) is 0 Å². The Hall–Kier alpha value is -5.72. The van der Waals surface area contributed by atoms with Crippen LogP contribution >= 0.6 is 11.6 Å². The summed E-state index contributed by atoms with van der Waals surface area (Å²) in [6, 6.07) is 24.3. The first kappa shape index (κ1) is 55.0. The van der Waals surface area contributed by atoms with E-state index in [1.165, 1.54) is 10.6 Å². The molecule has 0 amide bonds. The summed E-state index contributed by atoms with van der Waals surface area (Å²) >= 11 is 7.15. The lowest BCUT2D eigenvalue weighted by Gasteiger charge is -2.38. The second kappa shape index (κ2) is 20.2. The number of hydrogen-bond donors (Lipinski definition) is 1. The SMILES string of the molecule is CC(C)[Si](C#Cc1ccc(-n2c(O)c3cc(Cl)c4c5c3c(c(=NCc3cc(C(C)(C)C)cc(C(C)(C)C)c3)cc-5c(=O)n(-c3ccc(C#C[Si](C(C)C)(C(C)C)C(C)C)cc3)c4=O)c2=O)cc1)(C(C)C)C(C)C. The molecule has 4 aromatic carbocycles. The molecular weight excluding hydrogens is 954 g/mol. The summed E-state index contributed by atoms with van der Waals surface area (Å²) < 4.78 is 2.41. The second-order valence-electron chi connectivity index (χ2n) is 24.4. The maximum absolute atomic E-state index is 15.3. The van der Waals surface area contributed by atoms with E-state index >= 15 is 9.59 Å². The quantitative estimate of drug-likeness (QED) is 0.0839. The van der Waals surface area contributed by atoms with Gasteiger partial charge in [0, 0.05) is 27.5 Å². The van der Waals surface area contributed by atoms with Crippen LogP contribution in [0.3, 0.4) is 0 Å². The van der Waals surface area contributed by atoms with Gasteiger partial charge in [0.1, 0.15) is 16.1 Å². The van der Waals surface area contributed by atoms with E-state index in [1.54, 1.807) is 30.3 Å². The van der Waals surface area contributed by atoms with Crippen LogP contribution in [0.15, 0.2) is 98.2 Å². The highest BCUT2D eigenvalue weighted by atomic mass is 35.5. The van der Waals surface area contributed by atoms with Crippen LogP contribution in [-0.2, 0) is 17.4 Å². The minimum absolute atomic E-state index is 0.0371. The molecule has 0 unspecified atom stereocenters. The number of rotatable bonds is 10. The van der Waals surface area contributed by atoms with Gasteiger partial charge < -0.3 is 5.11 Å². The fraction of sp³-hybridized carbons (Fsp3) is 0.429. The highest BCUT2D eigenvalue weighted by Gasteiger charge is 2.43. The summed E-state index contributed by atoms with van der Waals surface area (Å²) in [5.41, 5.74) is 14.3. The average molecular weight is 1030 g/mol. The molecule has 0 fully saturated rings. The molecule has 0 saturated heterocycles. The van der Waals surface area contributed by atoms with Gasteiger partial charge in [-0.1, -0.05) is 166 Å². The predicted octanol–water partition coefficient (Wildman–Crippen LogP) is 14.8. The summed E-state index contributed by atoms with van der Waals surface area (Å²) in [6.45, 7) is 40.7. The van der Waals surface area contributed by atoms with Crippen LogP contribution < -0.4 is 22.0 Å². The van der Waals surface area contributed by atoms with E-state index in [4.69, 9.17) is 16.6 Å². The number of benzene rings is 5. The maximum Gasteiger partial charge on any atom is 0.268 e. The first-order valence-corrected chi connectivity index (χ1v) is 31.0. The second-order valence-corrected chi connectivity index (χ2v) is 35.9. The van der Waals surface area contributed by atoms with Crippen molar-refractivity contribution in [3.8, 4) is 51.3 Å². The number of pyridine rings is 2. The number of nitrogens with zero attached hydrogens (tertiary/aromatic N) is 3. The molecule has 73 heavy (non-hydrogen) atoms. The number of halogens is 1. The molecule has 0 bridgehead atoms. The van der Waals surface area contributed by atoms with E-state index in [9.17, 15) is 9.90 Å². The molecular formula is C63H76ClN3O4Si2. The zero-order valence-corrected chi connectivity index (χ0v) is 49.3. The maximum atomic E-state index is 15.3. The third-order valence-corrected chi connectivity index (χ3v) is 28.9. The molecule has 0 spiro atoms. The number of hydrogen-bond acceptors (Lipinski definition) is 5. The van der Waals surface area contributed by atoms with Crippen molar-refractivity contribution >= 4 is 49.3 Å². The summed E-state index contributed by atoms with van der Waals surface area (Å²) in [6.07, 6.45) is 0. The molecule has 2 aliphatic rings. The monoisotopic (exact) mass is 1030 g/mol. The zero-order valence-electron chi connectivity index (χ0n) is 46.6. The average Bonchev–Trinajstić information content (AvgIpc) is 3.29. The van der Waals surface area contributed by atoms with Crippen molar-refractivity contribution in [1.29, 1.82) is 0 Å². The third-order valence-electron chi connectivity index (χ3n) is 16.0. The van der Waals surface area contributed by atoms with Crippen molar-refractivity contribution in [3.63, 3.8) is 0 Å². The van der Waals surface area contributed by atoms with Crippen LogP contribution in [0.2, 0.25) is 38.3 Å². The van der Waals surface area contributed by atoms with Gasteiger partial charge in [-0.25, -0.2) is 9.13 Å². The van der Waals surface area contributed by atoms with Crippen LogP contribution in [0.25, 0.3) is 44.0 Å². The smallest absolute Gasteiger partial charge is 0.268 e. The Morgan fingerprint density at radius 1 is 0.548 bits per heavy atom. The molecule has 1 N–H and O–H groups in total. The van der Waals surface area contributed by atoms with E-state index in [0.717, 1.165) is 32.4 Å². The van der Waals surface area contributed by atoms with Crippen LogP contribution in [0.5, 0.6) is 5.88 Å². The molecule has 0 saturated carbocycles. The number of aromatic nitrogens is 2. The first-order chi connectivity index (χ1) is 34.0. The molecule has 7 nitrogen and oxygen atoms in total. The van der Waals surface area contributed by atoms with Crippen LogP contribution in [0, 0.1) is 22.9 Å². The van der Waals surface area contributed by atoms with Gasteiger partial charge in [-0.3, -0.25) is 19.4 Å². The molecule has 382 valence electrons. The summed E-state index contributed by atoms with van der Waals surface area (Å²) in [5, 5.41) is 13.3. The standard InChI is InChI=1S/C63H76ClN3O4Si2/c1-37(2)72(38(3)4,39(5)6)29-27-43-19-23-48(24-20-43)66-59(69)51-35-53(65-36-45-31-46(62(13,14)15)33-47(32-45)63(16,17)18)57-55-50(34-52(64)56(54(51)55)60(66)70)58(68)67(61(57)71)49-25-21-44(22-26-49)28-30-73(40(7)8,41(9)10)42(11)12/h19-26,31-35,37-42,68H,36H2,1-18H3. The molecule has 2 heterocycles. The largest absolute Gasteiger partial charge is 0.494 e. The highest BCUT2D eigenvalue weighted by molar-refractivity contribution is 6.91. The highest BCUT2D eigenvalue weighted by Crippen LogP contribution is 2.44. The normalized spacial score (nSPS) is 13.2. The van der Waals surface area contributed by atoms with Gasteiger partial charge >= 0.3 is 0 Å². The van der Waals surface area contributed by atoms with Crippen molar-refractivity contribution in [2.24, 2.45) is 4.99 Å². The Kier molecular flexibility index (Phi) is 15.2. The molecule has 10 heteroatoms. The molecule has 5 aromatic rings. The molecule has 0 atom stereocenters. The lowest BCUT2D eigenvalue weighted by Crippen LogP contribution is -2.43. The topological polar surface area (TPSA) is 93.7 Å². The fourth-order valence-electron chi connectivity index (χ4n) is 12.1. The lowest BCUT2D eigenvalue weighted by molar-refractivity contribution is 0.443. The molecule has 7 rings (SSSR count). The number of aromatic hydroxyl groups is 1. The van der Waals surface area contributed by atoms with Crippen LogP contribution in [0.1, 0.15) is 152 Å². The first-order valence-electron chi connectivity index (χ1n) is 26.2.